The molecule has 1 aromatic carbocycles. The molecular formula is C23H25Br2NO5. The number of carbonyl (C=O) groups is 2. The van der Waals surface area contributed by atoms with Gasteiger partial charge < -0.3 is 20.3 Å². The second-order valence-corrected chi connectivity index (χ2v) is 11.8. The molecule has 6 rings (SSSR count). The molecule has 2 heterocycles. The van der Waals surface area contributed by atoms with E-state index in [4.69, 9.17) is 4.74 Å². The summed E-state index contributed by atoms with van der Waals surface area (Å²) in [6.45, 7) is 4.17. The van der Waals surface area contributed by atoms with E-state index in [0.29, 0.717) is 21.3 Å². The molecule has 0 aromatic heterocycles. The van der Waals surface area contributed by atoms with E-state index in [2.05, 4.69) is 50.2 Å². The molecule has 2 saturated heterocycles. The third-order valence-corrected chi connectivity index (χ3v) is 9.44. The number of amides is 1. The van der Waals surface area contributed by atoms with Crippen molar-refractivity contribution >= 4 is 49.2 Å². The average Bonchev–Trinajstić information content (AvgIpc) is 3.07. The lowest BCUT2D eigenvalue weighted by Gasteiger charge is -2.55. The summed E-state index contributed by atoms with van der Waals surface area (Å²) < 4.78 is 7.13. The standard InChI is InChI=1S/C23H25Br2NO5/c1-21(5-4-16(28)26-17-18(29)12(24)8-13(25)19(17)30)15(27)3-6-23-9-11-7-14(20(21)23)31-22(11,2)10-23/h3,6,8,11,14,20,29-30H,4-5,7,9-10H2,1-2H3,(H,26,28)/t11-,14+,20+,21-,22+,23+/m1/s1. The molecule has 166 valence electrons. The Morgan fingerprint density at radius 2 is 1.94 bits per heavy atom. The first-order chi connectivity index (χ1) is 14.5. The number of ether oxygens (including phenoxy) is 1. The summed E-state index contributed by atoms with van der Waals surface area (Å²) in [5.41, 5.74) is -0.856. The Balaban J connectivity index is 1.37. The van der Waals surface area contributed by atoms with E-state index in [1.54, 1.807) is 6.08 Å². The topological polar surface area (TPSA) is 95.9 Å². The van der Waals surface area contributed by atoms with Crippen LogP contribution in [0.25, 0.3) is 0 Å². The molecule has 8 heteroatoms. The van der Waals surface area contributed by atoms with Gasteiger partial charge >= 0.3 is 0 Å². The molecule has 5 aliphatic rings. The fourth-order valence-electron chi connectivity index (χ4n) is 6.93. The van der Waals surface area contributed by atoms with Gasteiger partial charge in [-0.25, -0.2) is 0 Å². The molecule has 1 aromatic rings. The molecule has 4 bridgehead atoms. The monoisotopic (exact) mass is 553 g/mol. The zero-order valence-electron chi connectivity index (χ0n) is 17.4. The maximum atomic E-state index is 13.1. The van der Waals surface area contributed by atoms with Crippen LogP contribution in [0.3, 0.4) is 0 Å². The number of hydrogen-bond acceptors (Lipinski definition) is 5. The van der Waals surface area contributed by atoms with Gasteiger partial charge in [-0.3, -0.25) is 9.59 Å². The minimum atomic E-state index is -0.685. The number of phenolic OH excluding ortho intramolecular Hbond substituents is 2. The molecule has 1 amide bonds. The van der Waals surface area contributed by atoms with Crippen LogP contribution in [0.4, 0.5) is 5.69 Å². The highest BCUT2D eigenvalue weighted by Gasteiger charge is 2.71. The minimum absolute atomic E-state index is 0.0224. The van der Waals surface area contributed by atoms with Crippen LogP contribution in [-0.2, 0) is 14.3 Å². The Hall–Kier alpha value is -1.38. The van der Waals surface area contributed by atoms with Gasteiger partial charge in [0.1, 0.15) is 5.69 Å². The number of allylic oxidation sites excluding steroid dienone is 2. The summed E-state index contributed by atoms with van der Waals surface area (Å²) in [5, 5.41) is 23.1. The molecule has 6 atom stereocenters. The molecule has 6 nitrogen and oxygen atoms in total. The Bertz CT molecular complexity index is 1020. The lowest BCUT2D eigenvalue weighted by molar-refractivity contribution is -0.169. The van der Waals surface area contributed by atoms with Crippen molar-refractivity contribution in [3.8, 4) is 11.5 Å². The normalized spacial score (nSPS) is 39.7. The van der Waals surface area contributed by atoms with Crippen LogP contribution in [0, 0.1) is 22.7 Å². The number of phenols is 2. The molecule has 4 fully saturated rings. The molecular weight excluding hydrogens is 530 g/mol. The first-order valence-electron chi connectivity index (χ1n) is 10.6. The molecule has 3 N–H and O–H groups in total. The van der Waals surface area contributed by atoms with E-state index in [1.165, 1.54) is 6.07 Å². The molecule has 0 radical (unpaired) electrons. The van der Waals surface area contributed by atoms with Crippen LogP contribution >= 0.6 is 31.9 Å². The Kier molecular flexibility index (Phi) is 4.72. The van der Waals surface area contributed by atoms with Gasteiger partial charge in [0.25, 0.3) is 0 Å². The van der Waals surface area contributed by atoms with Crippen molar-refractivity contribution in [3.05, 3.63) is 27.2 Å². The number of benzene rings is 1. The van der Waals surface area contributed by atoms with Gasteiger partial charge in [0.2, 0.25) is 5.91 Å². The lowest BCUT2D eigenvalue weighted by atomic mass is 9.51. The zero-order chi connectivity index (χ0) is 22.3. The van der Waals surface area contributed by atoms with E-state index in [1.807, 2.05) is 6.92 Å². The number of ketones is 1. The summed E-state index contributed by atoms with van der Waals surface area (Å²) >= 11 is 6.40. The predicted molar refractivity (Wildman–Crippen MR) is 122 cm³/mol. The number of hydrogen-bond donors (Lipinski definition) is 3. The number of halogens is 2. The first kappa shape index (κ1) is 21.5. The SMILES string of the molecule is C[C@]12C[C@@]34C=CC(=O)[C@@](C)(CCC(=O)Nc5c(O)c(Br)cc(Br)c5O)[C@@H]3[C@H](C[C@@H]1C4)O2. The van der Waals surface area contributed by atoms with Gasteiger partial charge in [0.05, 0.1) is 20.7 Å². The van der Waals surface area contributed by atoms with Crippen LogP contribution < -0.4 is 5.32 Å². The third-order valence-electron chi connectivity index (χ3n) is 8.23. The largest absolute Gasteiger partial charge is 0.505 e. The van der Waals surface area contributed by atoms with E-state index in [-0.39, 0.29) is 58.3 Å². The highest BCUT2D eigenvalue weighted by atomic mass is 79.9. The van der Waals surface area contributed by atoms with Crippen LogP contribution in [0.2, 0.25) is 0 Å². The van der Waals surface area contributed by atoms with E-state index in [0.717, 1.165) is 19.3 Å². The van der Waals surface area contributed by atoms with Crippen molar-refractivity contribution in [1.82, 2.24) is 0 Å². The summed E-state index contributed by atoms with van der Waals surface area (Å²) in [6.07, 6.45) is 7.35. The van der Waals surface area contributed by atoms with E-state index >= 15 is 0 Å². The number of rotatable bonds is 4. The van der Waals surface area contributed by atoms with Gasteiger partial charge in [0.15, 0.2) is 17.3 Å². The Morgan fingerprint density at radius 3 is 2.58 bits per heavy atom. The van der Waals surface area contributed by atoms with Crippen LogP contribution in [0.15, 0.2) is 27.2 Å². The summed E-state index contributed by atoms with van der Waals surface area (Å²) in [7, 11) is 0. The van der Waals surface area contributed by atoms with Gasteiger partial charge in [-0.05, 0) is 87.9 Å². The van der Waals surface area contributed by atoms with Gasteiger partial charge in [-0.2, -0.15) is 0 Å². The first-order valence-corrected chi connectivity index (χ1v) is 12.2. The minimum Gasteiger partial charge on any atom is -0.505 e. The van der Waals surface area contributed by atoms with Crippen molar-refractivity contribution in [2.24, 2.45) is 22.7 Å². The quantitative estimate of drug-likeness (QED) is 0.452. The fourth-order valence-corrected chi connectivity index (χ4v) is 8.09. The van der Waals surface area contributed by atoms with Crippen molar-refractivity contribution in [1.29, 1.82) is 0 Å². The van der Waals surface area contributed by atoms with E-state index < -0.39 is 5.41 Å². The average molecular weight is 555 g/mol. The lowest BCUT2D eigenvalue weighted by Crippen LogP contribution is -2.56. The van der Waals surface area contributed by atoms with E-state index in [9.17, 15) is 19.8 Å². The zero-order valence-corrected chi connectivity index (χ0v) is 20.5. The Morgan fingerprint density at radius 1 is 1.26 bits per heavy atom. The summed E-state index contributed by atoms with van der Waals surface area (Å²) in [6, 6.07) is 1.50. The fraction of sp³-hybridized carbons (Fsp3) is 0.565. The highest BCUT2D eigenvalue weighted by molar-refractivity contribution is 9.11. The molecule has 0 unspecified atom stereocenters. The molecule has 31 heavy (non-hydrogen) atoms. The van der Waals surface area contributed by atoms with Crippen molar-refractivity contribution < 1.29 is 24.5 Å². The molecule has 3 aliphatic carbocycles. The number of carbonyl (C=O) groups excluding carboxylic acids is 2. The molecule has 2 aliphatic heterocycles. The summed E-state index contributed by atoms with van der Waals surface area (Å²) in [5.74, 6) is -0.203. The molecule has 2 saturated carbocycles. The van der Waals surface area contributed by atoms with Crippen molar-refractivity contribution in [3.63, 3.8) is 0 Å². The third kappa shape index (κ3) is 2.97. The number of anilines is 1. The van der Waals surface area contributed by atoms with Crippen molar-refractivity contribution in [2.45, 2.75) is 57.7 Å². The summed E-state index contributed by atoms with van der Waals surface area (Å²) in [4.78, 5) is 25.9. The maximum absolute atomic E-state index is 13.1. The van der Waals surface area contributed by atoms with Gasteiger partial charge in [0, 0.05) is 17.8 Å². The van der Waals surface area contributed by atoms with Crippen LogP contribution in [0.5, 0.6) is 11.5 Å². The smallest absolute Gasteiger partial charge is 0.224 e. The second kappa shape index (κ2) is 6.81. The number of nitrogens with one attached hydrogen (secondary N) is 1. The number of aromatic hydroxyl groups is 2. The second-order valence-electron chi connectivity index (χ2n) is 10.1. The molecule has 1 spiro atoms. The predicted octanol–water partition coefficient (Wildman–Crippen LogP) is 5.06. The highest BCUT2D eigenvalue weighted by Crippen LogP contribution is 2.71. The van der Waals surface area contributed by atoms with Gasteiger partial charge in [-0.15, -0.1) is 0 Å². The van der Waals surface area contributed by atoms with Crippen LogP contribution in [-0.4, -0.2) is 33.6 Å². The van der Waals surface area contributed by atoms with Gasteiger partial charge in [-0.1, -0.05) is 13.0 Å². The Labute approximate surface area is 197 Å². The maximum Gasteiger partial charge on any atom is 0.224 e. The van der Waals surface area contributed by atoms with Crippen molar-refractivity contribution in [2.75, 3.05) is 5.32 Å². The van der Waals surface area contributed by atoms with Crippen LogP contribution in [0.1, 0.15) is 46.0 Å².